The number of carbonyl (C=O) groups excluding carboxylic acids is 3. The van der Waals surface area contributed by atoms with E-state index < -0.39 is 29.6 Å². The van der Waals surface area contributed by atoms with Crippen LogP contribution in [0.3, 0.4) is 0 Å². The number of nitrogens with one attached hydrogen (secondary N) is 2. The molecule has 52 heavy (non-hydrogen) atoms. The normalized spacial score (nSPS) is 23.4. The number of hydrazine groups is 1. The van der Waals surface area contributed by atoms with Crippen LogP contribution in [-0.2, 0) is 48.0 Å². The van der Waals surface area contributed by atoms with Crippen LogP contribution in [-0.4, -0.2) is 89.7 Å². The van der Waals surface area contributed by atoms with E-state index in [2.05, 4.69) is 60.9 Å². The standard InChI is InChI=1S/C39H50N6O6S/c1-8-25(34(40-9-2)23(4)49-7)35-27-20-39(5,6)22-51-38(48)28-12-11-16-45(43-28)37(47)29(42-36(46)32-15-17-50-32)19-33-41-30(21-52-33)24-13-14-31(26(27)18-24)44(35)10-3/h8-9,13-14,18,21,23,28-29,32,43H,1,10-12,15-17,19-20,22H2,2-7H3,(H,42,46)/b34-25+,40-9?/t23-,28-,29-,32+/m0/s1. The molecule has 0 aliphatic carbocycles. The van der Waals surface area contributed by atoms with E-state index in [0.29, 0.717) is 50.4 Å². The minimum Gasteiger partial charge on any atom is -0.464 e. The van der Waals surface area contributed by atoms with E-state index in [-0.39, 0.29) is 30.9 Å². The number of methoxy groups -OCH3 is 1. The maximum Gasteiger partial charge on any atom is 0.324 e. The second-order valence-corrected chi connectivity index (χ2v) is 15.3. The molecule has 2 N–H and O–H groups in total. The molecule has 0 saturated carbocycles. The Bertz CT molecular complexity index is 1910. The highest BCUT2D eigenvalue weighted by Crippen LogP contribution is 2.40. The number of rotatable bonds is 8. The largest absolute Gasteiger partial charge is 0.464 e. The number of thiazole rings is 1. The van der Waals surface area contributed by atoms with Gasteiger partial charge in [0.05, 0.1) is 41.4 Å². The summed E-state index contributed by atoms with van der Waals surface area (Å²) < 4.78 is 19.5. The van der Waals surface area contributed by atoms with Crippen molar-refractivity contribution in [3.63, 3.8) is 0 Å². The first-order chi connectivity index (χ1) is 25.0. The predicted molar refractivity (Wildman–Crippen MR) is 203 cm³/mol. The highest BCUT2D eigenvalue weighted by molar-refractivity contribution is 7.10. The molecule has 3 aliphatic heterocycles. The number of aliphatic imine (C=N–C) groups is 1. The molecule has 2 fully saturated rings. The molecular weight excluding hydrogens is 681 g/mol. The third-order valence-corrected chi connectivity index (χ3v) is 10.9. The van der Waals surface area contributed by atoms with Gasteiger partial charge in [-0.1, -0.05) is 32.6 Å². The molecule has 2 aromatic heterocycles. The van der Waals surface area contributed by atoms with Crippen molar-refractivity contribution in [3.8, 4) is 11.3 Å². The molecule has 5 heterocycles. The molecule has 278 valence electrons. The number of amides is 2. The summed E-state index contributed by atoms with van der Waals surface area (Å²) in [5.74, 6) is -1.07. The van der Waals surface area contributed by atoms with Crippen LogP contribution in [0.25, 0.3) is 27.7 Å². The first kappa shape index (κ1) is 37.6. The SMILES string of the molecule is C=C/C(=C(\N=CC)[C@H](C)OC)c1c2c3cc(ccc3n1CC)-c1csc(n1)C[C@H](NC(=O)[C@H]1CCO1)C(=O)N1CCC[C@H](N1)C(=O)OCC(C)(C)C2. The number of nitrogens with zero attached hydrogens (tertiary/aromatic N) is 4. The molecular formula is C39H50N6O6S. The van der Waals surface area contributed by atoms with Crippen LogP contribution >= 0.6 is 11.3 Å². The molecule has 0 unspecified atom stereocenters. The molecule has 6 rings (SSSR count). The molecule has 2 amide bonds. The van der Waals surface area contributed by atoms with Gasteiger partial charge in [-0.2, -0.15) is 0 Å². The number of hydrogen-bond donors (Lipinski definition) is 2. The maximum absolute atomic E-state index is 14.0. The molecule has 3 aromatic rings. The third kappa shape index (κ3) is 7.64. The molecule has 4 atom stereocenters. The summed E-state index contributed by atoms with van der Waals surface area (Å²) in [6.07, 6.45) is 5.28. The molecule has 1 aromatic carbocycles. The molecule has 6 bridgehead atoms. The number of hydrogen-bond acceptors (Lipinski definition) is 10. The number of esters is 1. The van der Waals surface area contributed by atoms with Gasteiger partial charge in [0.2, 0.25) is 5.91 Å². The van der Waals surface area contributed by atoms with E-state index >= 15 is 0 Å². The van der Waals surface area contributed by atoms with Gasteiger partial charge in [0, 0.05) is 72.1 Å². The first-order valence-electron chi connectivity index (χ1n) is 18.1. The van der Waals surface area contributed by atoms with Crippen LogP contribution in [0.4, 0.5) is 0 Å². The summed E-state index contributed by atoms with van der Waals surface area (Å²) in [4.78, 5) is 50.4. The highest BCUT2D eigenvalue weighted by atomic mass is 32.1. The fraction of sp³-hybridized carbons (Fsp3) is 0.513. The van der Waals surface area contributed by atoms with Crippen LogP contribution in [0.2, 0.25) is 0 Å². The van der Waals surface area contributed by atoms with Gasteiger partial charge in [-0.15, -0.1) is 11.3 Å². The Morgan fingerprint density at radius 1 is 1.31 bits per heavy atom. The molecule has 12 nitrogen and oxygen atoms in total. The van der Waals surface area contributed by atoms with Gasteiger partial charge in [-0.05, 0) is 57.7 Å². The average Bonchev–Trinajstić information content (AvgIpc) is 3.70. The monoisotopic (exact) mass is 730 g/mol. The van der Waals surface area contributed by atoms with Gasteiger partial charge in [0.25, 0.3) is 5.91 Å². The number of benzene rings is 1. The van der Waals surface area contributed by atoms with Crippen LogP contribution in [0.5, 0.6) is 0 Å². The minimum absolute atomic E-state index is 0.160. The predicted octanol–water partition coefficient (Wildman–Crippen LogP) is 5.24. The second-order valence-electron chi connectivity index (χ2n) is 14.4. The van der Waals surface area contributed by atoms with Gasteiger partial charge in [0.1, 0.15) is 18.2 Å². The van der Waals surface area contributed by atoms with Crippen molar-refractivity contribution in [2.24, 2.45) is 10.4 Å². The Balaban J connectivity index is 1.51. The molecule has 0 radical (unpaired) electrons. The van der Waals surface area contributed by atoms with Crippen molar-refractivity contribution in [1.82, 2.24) is 25.3 Å². The number of fused-ring (bicyclic) bond motifs is 6. The van der Waals surface area contributed by atoms with E-state index in [1.54, 1.807) is 13.3 Å². The van der Waals surface area contributed by atoms with Crippen molar-refractivity contribution in [2.75, 3.05) is 26.9 Å². The number of ether oxygens (including phenoxy) is 3. The van der Waals surface area contributed by atoms with E-state index in [1.165, 1.54) is 16.3 Å². The fourth-order valence-corrected chi connectivity index (χ4v) is 8.03. The van der Waals surface area contributed by atoms with Gasteiger partial charge in [-0.25, -0.2) is 10.4 Å². The Morgan fingerprint density at radius 2 is 2.10 bits per heavy atom. The van der Waals surface area contributed by atoms with Crippen molar-refractivity contribution >= 4 is 51.8 Å². The third-order valence-electron chi connectivity index (χ3n) is 10.1. The topological polar surface area (TPSA) is 136 Å². The van der Waals surface area contributed by atoms with Gasteiger partial charge < -0.3 is 24.1 Å². The lowest BCUT2D eigenvalue weighted by atomic mass is 9.84. The minimum atomic E-state index is -0.899. The lowest BCUT2D eigenvalue weighted by molar-refractivity contribution is -0.156. The van der Waals surface area contributed by atoms with Crippen LogP contribution in [0.15, 0.2) is 46.9 Å². The Kier molecular flexibility index (Phi) is 11.4. The number of aryl methyl sites for hydroxylation is 1. The van der Waals surface area contributed by atoms with Crippen molar-refractivity contribution < 1.29 is 28.6 Å². The zero-order chi connectivity index (χ0) is 37.2. The number of carbonyl (C=O) groups is 3. The van der Waals surface area contributed by atoms with E-state index in [4.69, 9.17) is 24.2 Å². The summed E-state index contributed by atoms with van der Waals surface area (Å²) in [5.41, 5.74) is 9.14. The fourth-order valence-electron chi connectivity index (χ4n) is 7.18. The first-order valence-corrected chi connectivity index (χ1v) is 19.0. The van der Waals surface area contributed by atoms with Gasteiger partial charge in [0.15, 0.2) is 0 Å². The lowest BCUT2D eigenvalue weighted by Gasteiger charge is -2.36. The Hall–Kier alpha value is -4.17. The van der Waals surface area contributed by atoms with Gasteiger partial charge >= 0.3 is 5.97 Å². The molecule has 2 saturated heterocycles. The van der Waals surface area contributed by atoms with Crippen LogP contribution < -0.4 is 10.7 Å². The highest BCUT2D eigenvalue weighted by Gasteiger charge is 2.37. The summed E-state index contributed by atoms with van der Waals surface area (Å²) in [6, 6.07) is 4.77. The summed E-state index contributed by atoms with van der Waals surface area (Å²) in [7, 11) is 1.67. The Labute approximate surface area is 309 Å². The average molecular weight is 731 g/mol. The van der Waals surface area contributed by atoms with Crippen molar-refractivity contribution in [1.29, 1.82) is 0 Å². The van der Waals surface area contributed by atoms with Crippen LogP contribution in [0, 0.1) is 5.41 Å². The molecule has 13 heteroatoms. The summed E-state index contributed by atoms with van der Waals surface area (Å²) in [5, 5.41) is 8.12. The van der Waals surface area contributed by atoms with E-state index in [1.807, 2.05) is 25.3 Å². The smallest absolute Gasteiger partial charge is 0.324 e. The second kappa shape index (κ2) is 15.8. The lowest BCUT2D eigenvalue weighted by Crippen LogP contribution is -2.61. The summed E-state index contributed by atoms with van der Waals surface area (Å²) in [6.45, 7) is 16.2. The number of allylic oxidation sites excluding steroid dienone is 2. The van der Waals surface area contributed by atoms with Crippen molar-refractivity contribution in [3.05, 3.63) is 58.2 Å². The molecule has 0 spiro atoms. The van der Waals surface area contributed by atoms with E-state index in [0.717, 1.165) is 44.7 Å². The quantitative estimate of drug-likeness (QED) is 0.183. The summed E-state index contributed by atoms with van der Waals surface area (Å²) >= 11 is 1.45. The maximum atomic E-state index is 14.0. The Morgan fingerprint density at radius 3 is 2.77 bits per heavy atom. The number of cyclic esters (lactones) is 1. The number of aromatic nitrogens is 2. The van der Waals surface area contributed by atoms with Gasteiger partial charge in [-0.3, -0.25) is 24.4 Å². The molecule has 3 aliphatic rings. The zero-order valence-electron chi connectivity index (χ0n) is 31.0. The zero-order valence-corrected chi connectivity index (χ0v) is 31.8. The van der Waals surface area contributed by atoms with Crippen molar-refractivity contribution in [2.45, 2.75) is 97.6 Å². The van der Waals surface area contributed by atoms with E-state index in [9.17, 15) is 14.4 Å². The van der Waals surface area contributed by atoms with Crippen LogP contribution in [0.1, 0.15) is 70.1 Å².